The summed E-state index contributed by atoms with van der Waals surface area (Å²) in [4.78, 5) is 100. The maximum absolute atomic E-state index is 13.5. The van der Waals surface area contributed by atoms with Crippen molar-refractivity contribution in [3.63, 3.8) is 0 Å². The van der Waals surface area contributed by atoms with Gasteiger partial charge in [-0.05, 0) is 86.1 Å². The number of nitrogens with zero attached hydrogens (tertiary/aromatic N) is 9. The molecule has 18 nitrogen and oxygen atoms in total. The Hall–Kier alpha value is -7.21. The van der Waals surface area contributed by atoms with Gasteiger partial charge in [-0.1, -0.05) is 30.3 Å². The topological polar surface area (TPSA) is 198 Å². The van der Waals surface area contributed by atoms with E-state index in [9.17, 15) is 28.8 Å². The molecule has 0 radical (unpaired) electrons. The largest absolute Gasteiger partial charge is 0.370 e. The van der Waals surface area contributed by atoms with Crippen molar-refractivity contribution < 1.29 is 28.8 Å². The predicted octanol–water partition coefficient (Wildman–Crippen LogP) is 3.53. The SMILES string of the molecule is O=C1CC[C@H](N2C(=O)c3ccc(N4CC(C(=O)N5CCC(CN6CCN(c7ccc(Nc8ncnc9c8ncn9C8CC(NC(=O)Cc9ccccc9)C8)cc7)CC6)CC5)C4)cc3C2=O)C(=O)N1. The van der Waals surface area contributed by atoms with E-state index in [1.54, 1.807) is 24.5 Å². The third-order valence-electron chi connectivity index (χ3n) is 14.8. The van der Waals surface area contributed by atoms with Gasteiger partial charge in [-0.3, -0.25) is 43.9 Å². The van der Waals surface area contributed by atoms with Crippen LogP contribution in [0.25, 0.3) is 11.2 Å². The zero-order valence-corrected chi connectivity index (χ0v) is 37.8. The first-order chi connectivity index (χ1) is 33.1. The van der Waals surface area contributed by atoms with E-state index < -0.39 is 29.7 Å². The molecule has 1 saturated carbocycles. The summed E-state index contributed by atoms with van der Waals surface area (Å²) in [7, 11) is 0. The first kappa shape index (κ1) is 43.4. The van der Waals surface area contributed by atoms with Gasteiger partial charge in [-0.15, -0.1) is 0 Å². The van der Waals surface area contributed by atoms with Gasteiger partial charge in [0.05, 0.1) is 29.8 Å². The monoisotopic (exact) mass is 918 g/mol. The van der Waals surface area contributed by atoms with Crippen LogP contribution in [0.2, 0.25) is 0 Å². The lowest BCUT2D eigenvalue weighted by Gasteiger charge is -2.44. The second kappa shape index (κ2) is 18.1. The third-order valence-corrected chi connectivity index (χ3v) is 14.8. The summed E-state index contributed by atoms with van der Waals surface area (Å²) in [5, 5.41) is 8.85. The van der Waals surface area contributed by atoms with Crippen LogP contribution >= 0.6 is 0 Å². The first-order valence-electron chi connectivity index (χ1n) is 23.9. The summed E-state index contributed by atoms with van der Waals surface area (Å²) in [6.45, 7) is 7.48. The van der Waals surface area contributed by atoms with Gasteiger partial charge in [-0.2, -0.15) is 0 Å². The van der Waals surface area contributed by atoms with Gasteiger partial charge in [0, 0.05) is 94.5 Å². The molecule has 1 aliphatic carbocycles. The van der Waals surface area contributed by atoms with E-state index in [4.69, 9.17) is 0 Å². The number of anilines is 4. The number of fused-ring (bicyclic) bond motifs is 2. The molecule has 4 saturated heterocycles. The molecule has 18 heteroatoms. The number of imide groups is 2. The molecule has 6 amide bonds. The normalized spacial score (nSPS) is 22.5. The van der Waals surface area contributed by atoms with Gasteiger partial charge in [0.25, 0.3) is 11.8 Å². The summed E-state index contributed by atoms with van der Waals surface area (Å²) in [5.41, 5.74) is 5.85. The minimum Gasteiger partial charge on any atom is -0.370 e. The first-order valence-corrected chi connectivity index (χ1v) is 23.9. The summed E-state index contributed by atoms with van der Waals surface area (Å²) >= 11 is 0. The van der Waals surface area contributed by atoms with E-state index in [2.05, 4.69) is 69.5 Å². The zero-order chi connectivity index (χ0) is 46.5. The van der Waals surface area contributed by atoms with E-state index in [-0.39, 0.29) is 53.8 Å². The van der Waals surface area contributed by atoms with Crippen LogP contribution in [-0.4, -0.2) is 141 Å². The van der Waals surface area contributed by atoms with Gasteiger partial charge in [0.1, 0.15) is 12.4 Å². The number of benzene rings is 3. The van der Waals surface area contributed by atoms with Crippen molar-refractivity contribution in [1.82, 2.24) is 44.9 Å². The molecule has 6 aliphatic rings. The number of imidazole rings is 1. The number of likely N-dealkylation sites (tertiary alicyclic amines) is 1. The van der Waals surface area contributed by atoms with Crippen LogP contribution in [0, 0.1) is 11.8 Å². The van der Waals surface area contributed by atoms with Gasteiger partial charge >= 0.3 is 0 Å². The number of carbonyl (C=O) groups excluding carboxylic acids is 6. The van der Waals surface area contributed by atoms with Crippen LogP contribution in [0.1, 0.15) is 70.8 Å². The van der Waals surface area contributed by atoms with Crippen molar-refractivity contribution in [3.8, 4) is 0 Å². The van der Waals surface area contributed by atoms with Crippen molar-refractivity contribution in [2.24, 2.45) is 11.8 Å². The lowest BCUT2D eigenvalue weighted by molar-refractivity contribution is -0.138. The molecule has 11 rings (SSSR count). The molecule has 2 aromatic heterocycles. The van der Waals surface area contributed by atoms with Crippen molar-refractivity contribution in [2.75, 3.05) is 74.0 Å². The molecule has 5 aliphatic heterocycles. The van der Waals surface area contributed by atoms with Gasteiger partial charge in [-0.25, -0.2) is 15.0 Å². The number of rotatable bonds is 12. The Balaban J connectivity index is 0.602. The number of amides is 6. The fourth-order valence-electron chi connectivity index (χ4n) is 10.7. The lowest BCUT2D eigenvalue weighted by Crippen LogP contribution is -2.56. The average molecular weight is 919 g/mol. The number of piperidine rings is 2. The summed E-state index contributed by atoms with van der Waals surface area (Å²) in [6, 6.07) is 22.7. The molecule has 350 valence electrons. The lowest BCUT2D eigenvalue weighted by atomic mass is 9.86. The maximum atomic E-state index is 13.5. The van der Waals surface area contributed by atoms with E-state index in [1.807, 2.05) is 46.5 Å². The van der Waals surface area contributed by atoms with Crippen LogP contribution in [0.15, 0.2) is 85.5 Å². The zero-order valence-electron chi connectivity index (χ0n) is 37.8. The molecule has 5 aromatic rings. The Morgan fingerprint density at radius 3 is 2.24 bits per heavy atom. The van der Waals surface area contributed by atoms with E-state index in [1.165, 1.54) is 5.69 Å². The Morgan fingerprint density at radius 1 is 0.750 bits per heavy atom. The smallest absolute Gasteiger partial charge is 0.262 e. The molecule has 7 heterocycles. The minimum atomic E-state index is -1.00. The second-order valence-corrected chi connectivity index (χ2v) is 19.1. The fourth-order valence-corrected chi connectivity index (χ4v) is 10.7. The predicted molar refractivity (Wildman–Crippen MR) is 252 cm³/mol. The molecule has 0 bridgehead atoms. The van der Waals surface area contributed by atoms with Gasteiger partial charge in [0.15, 0.2) is 17.0 Å². The highest BCUT2D eigenvalue weighted by Gasteiger charge is 2.45. The molecule has 3 N–H and O–H groups in total. The van der Waals surface area contributed by atoms with E-state index in [0.717, 1.165) is 99.0 Å². The van der Waals surface area contributed by atoms with Crippen molar-refractivity contribution in [3.05, 3.63) is 102 Å². The second-order valence-electron chi connectivity index (χ2n) is 19.1. The molecule has 0 spiro atoms. The molecule has 1 atom stereocenters. The number of piperazine rings is 1. The molecule has 68 heavy (non-hydrogen) atoms. The number of hydrogen-bond donors (Lipinski definition) is 3. The Morgan fingerprint density at radius 2 is 1.49 bits per heavy atom. The Kier molecular flexibility index (Phi) is 11.6. The molecular weight excluding hydrogens is 865 g/mol. The highest BCUT2D eigenvalue weighted by Crippen LogP contribution is 2.37. The molecule has 3 aromatic carbocycles. The minimum absolute atomic E-state index is 0.0423. The summed E-state index contributed by atoms with van der Waals surface area (Å²) in [5.74, 6) is -0.807. The number of carbonyl (C=O) groups is 6. The van der Waals surface area contributed by atoms with Crippen LogP contribution in [0.4, 0.5) is 22.9 Å². The van der Waals surface area contributed by atoms with E-state index >= 15 is 0 Å². The van der Waals surface area contributed by atoms with Gasteiger partial charge in [0.2, 0.25) is 23.6 Å². The Labute approximate surface area is 393 Å². The van der Waals surface area contributed by atoms with Crippen LogP contribution in [-0.2, 0) is 25.6 Å². The molecule has 0 unspecified atom stereocenters. The standard InChI is InChI=1S/C50H54N12O6/c63-42-13-12-41(47(65)56-42)62-49(67)39-11-10-37(25-40(39)50(62)68)60-27-33(28-60)48(66)59-16-14-32(15-17-59)26-57-18-20-58(21-19-57)36-8-6-34(7-9-36)55-45-44-46(52-29-51-45)61(30-53-44)38-23-35(24-38)54-43(64)22-31-4-2-1-3-5-31/h1-11,25,29-30,32-33,35,38,41H,12-24,26-28H2,(H,54,64)(H,51,52,55)(H,56,63,65)/t35?,38?,41-/m0/s1. The van der Waals surface area contributed by atoms with Crippen LogP contribution in [0.5, 0.6) is 0 Å². The Bertz CT molecular complexity index is 2770. The summed E-state index contributed by atoms with van der Waals surface area (Å²) < 4.78 is 2.10. The van der Waals surface area contributed by atoms with Crippen molar-refractivity contribution in [2.45, 2.75) is 63.1 Å². The number of hydrogen-bond acceptors (Lipinski definition) is 13. The summed E-state index contributed by atoms with van der Waals surface area (Å²) in [6.07, 6.45) is 7.58. The molecular formula is C50H54N12O6. The average Bonchev–Trinajstić information content (AvgIpc) is 3.86. The quantitative estimate of drug-likeness (QED) is 0.154. The maximum Gasteiger partial charge on any atom is 0.262 e. The third kappa shape index (κ3) is 8.52. The number of aromatic nitrogens is 4. The van der Waals surface area contributed by atoms with Gasteiger partial charge < -0.3 is 29.9 Å². The number of nitrogens with one attached hydrogen (secondary N) is 3. The fraction of sp³-hybridized carbons (Fsp3) is 0.420. The molecule has 5 fully saturated rings. The van der Waals surface area contributed by atoms with Crippen molar-refractivity contribution in [1.29, 1.82) is 0 Å². The highest BCUT2D eigenvalue weighted by molar-refractivity contribution is 6.23. The van der Waals surface area contributed by atoms with Crippen LogP contribution < -0.4 is 25.8 Å². The van der Waals surface area contributed by atoms with Crippen molar-refractivity contribution >= 4 is 69.5 Å². The van der Waals surface area contributed by atoms with Crippen LogP contribution in [0.3, 0.4) is 0 Å². The van der Waals surface area contributed by atoms with E-state index in [0.29, 0.717) is 36.8 Å². The highest BCUT2D eigenvalue weighted by atomic mass is 16.2.